The van der Waals surface area contributed by atoms with E-state index in [-0.39, 0.29) is 10.8 Å². The van der Waals surface area contributed by atoms with Crippen LogP contribution in [0.3, 0.4) is 0 Å². The van der Waals surface area contributed by atoms with Crippen LogP contribution in [0.5, 0.6) is 0 Å². The summed E-state index contributed by atoms with van der Waals surface area (Å²) >= 11 is 0. The molecule has 0 bridgehead atoms. The fourth-order valence-electron chi connectivity index (χ4n) is 7.00. The minimum absolute atomic E-state index is 0.0610. The molecule has 2 nitrogen and oxygen atoms in total. The predicted octanol–water partition coefficient (Wildman–Crippen LogP) is 9.54. The summed E-state index contributed by atoms with van der Waals surface area (Å²) < 4.78 is 2.33. The van der Waals surface area contributed by atoms with Gasteiger partial charge in [-0.3, -0.25) is 0 Å². The zero-order valence-corrected chi connectivity index (χ0v) is 25.0. The molecule has 4 aromatic rings. The molecule has 0 aliphatic carbocycles. The van der Waals surface area contributed by atoms with Crippen LogP contribution in [0.2, 0.25) is 0 Å². The number of fused-ring (bicyclic) bond motifs is 6. The first-order valence-corrected chi connectivity index (χ1v) is 14.5. The summed E-state index contributed by atoms with van der Waals surface area (Å²) in [5.74, 6) is 0. The summed E-state index contributed by atoms with van der Waals surface area (Å²) in [7, 11) is 4.35. The summed E-state index contributed by atoms with van der Waals surface area (Å²) in [5.41, 5.74) is 7.90. The van der Waals surface area contributed by atoms with Gasteiger partial charge >= 0.3 is 0 Å². The topological polar surface area (TPSA) is 6.25 Å². The number of anilines is 1. The third-order valence-electron chi connectivity index (χ3n) is 8.97. The second-order valence-corrected chi connectivity index (χ2v) is 12.2. The highest BCUT2D eigenvalue weighted by Crippen LogP contribution is 2.50. The predicted molar refractivity (Wildman–Crippen MR) is 178 cm³/mol. The molecule has 4 aromatic carbocycles. The number of likely N-dealkylation sites (N-methyl/N-ethyl adjacent to an activating group) is 1. The van der Waals surface area contributed by atoms with Crippen LogP contribution in [0.4, 0.5) is 11.4 Å². The molecule has 0 atom stereocenters. The first-order valence-electron chi connectivity index (χ1n) is 14.5. The van der Waals surface area contributed by atoms with Gasteiger partial charge in [-0.15, -0.1) is 0 Å². The van der Waals surface area contributed by atoms with Crippen molar-refractivity contribution in [3.05, 3.63) is 144 Å². The van der Waals surface area contributed by atoms with Gasteiger partial charge in [0, 0.05) is 41.6 Å². The Bertz CT molecular complexity index is 1850. The molecule has 6 rings (SSSR count). The Morgan fingerprint density at radius 1 is 0.610 bits per heavy atom. The Kier molecular flexibility index (Phi) is 6.66. The van der Waals surface area contributed by atoms with Crippen LogP contribution in [-0.2, 0) is 10.8 Å². The Hall–Kier alpha value is -4.43. The Morgan fingerprint density at radius 2 is 1.17 bits per heavy atom. The van der Waals surface area contributed by atoms with Crippen LogP contribution < -0.4 is 4.90 Å². The second-order valence-electron chi connectivity index (χ2n) is 12.2. The molecule has 41 heavy (non-hydrogen) atoms. The SMILES string of the molecule is CN1/C(=C/C=C/C=C/C=C/C=C/C2=[N+](C)c3ccc4ccccc4c3C2(C)C)C(C)(C)c2c1ccc1ccccc21. The number of nitrogens with zero attached hydrogens (tertiary/aromatic N) is 2. The molecular formula is C39H39N2+. The van der Waals surface area contributed by atoms with Crippen molar-refractivity contribution in [2.24, 2.45) is 0 Å². The van der Waals surface area contributed by atoms with Gasteiger partial charge in [0.05, 0.1) is 5.41 Å². The molecule has 0 saturated heterocycles. The van der Waals surface area contributed by atoms with Gasteiger partial charge in [0.1, 0.15) is 7.05 Å². The lowest BCUT2D eigenvalue weighted by molar-refractivity contribution is -0.401. The Morgan fingerprint density at radius 3 is 1.85 bits per heavy atom. The van der Waals surface area contributed by atoms with Crippen LogP contribution in [0.1, 0.15) is 38.8 Å². The minimum Gasteiger partial charge on any atom is -0.347 e. The van der Waals surface area contributed by atoms with E-state index >= 15 is 0 Å². The average Bonchev–Trinajstić information content (AvgIpc) is 3.29. The van der Waals surface area contributed by atoms with Gasteiger partial charge in [-0.1, -0.05) is 111 Å². The molecule has 0 unspecified atom stereocenters. The third kappa shape index (κ3) is 4.39. The monoisotopic (exact) mass is 535 g/mol. The van der Waals surface area contributed by atoms with Gasteiger partial charge in [-0.2, -0.15) is 4.58 Å². The number of benzene rings is 4. The number of hydrogen-bond donors (Lipinski definition) is 0. The molecule has 0 amide bonds. The molecular weight excluding hydrogens is 496 g/mol. The molecule has 0 saturated carbocycles. The third-order valence-corrected chi connectivity index (χ3v) is 8.97. The van der Waals surface area contributed by atoms with Gasteiger partial charge in [0.2, 0.25) is 5.69 Å². The van der Waals surface area contributed by atoms with Crippen molar-refractivity contribution >= 4 is 38.6 Å². The lowest BCUT2D eigenvalue weighted by atomic mass is 9.79. The van der Waals surface area contributed by atoms with E-state index < -0.39 is 0 Å². The van der Waals surface area contributed by atoms with E-state index in [0.717, 1.165) is 0 Å². The average molecular weight is 536 g/mol. The molecule has 2 heterocycles. The fourth-order valence-corrected chi connectivity index (χ4v) is 7.00. The molecule has 2 aliphatic heterocycles. The quantitative estimate of drug-likeness (QED) is 0.182. The minimum atomic E-state index is -0.0610. The van der Waals surface area contributed by atoms with E-state index in [4.69, 9.17) is 0 Å². The standard InChI is InChI=1S/C39H39N2/c1-38(2)34(40(5)32-26-24-28-18-14-16-20-30(28)36(32)38)22-12-10-8-7-9-11-13-23-35-39(3,4)37-31-21-17-15-19-29(31)25-27-33(37)41(35)6/h7-27H,1-6H3/q+1. The van der Waals surface area contributed by atoms with Crippen LogP contribution >= 0.6 is 0 Å². The van der Waals surface area contributed by atoms with Crippen LogP contribution in [0.25, 0.3) is 21.5 Å². The van der Waals surface area contributed by atoms with E-state index in [1.54, 1.807) is 0 Å². The molecule has 2 aliphatic rings. The highest BCUT2D eigenvalue weighted by atomic mass is 15.2. The van der Waals surface area contributed by atoms with Crippen molar-refractivity contribution in [1.29, 1.82) is 0 Å². The van der Waals surface area contributed by atoms with Gasteiger partial charge < -0.3 is 4.90 Å². The number of rotatable bonds is 5. The molecule has 204 valence electrons. The largest absolute Gasteiger partial charge is 0.347 e. The Balaban J connectivity index is 1.14. The first-order chi connectivity index (χ1) is 19.7. The van der Waals surface area contributed by atoms with Crippen LogP contribution in [-0.4, -0.2) is 24.4 Å². The van der Waals surface area contributed by atoms with E-state index in [1.165, 1.54) is 55.5 Å². The van der Waals surface area contributed by atoms with Crippen molar-refractivity contribution in [3.8, 4) is 0 Å². The van der Waals surface area contributed by atoms with Gasteiger partial charge in [-0.05, 0) is 59.2 Å². The molecule has 0 fully saturated rings. The molecule has 0 radical (unpaired) electrons. The van der Waals surface area contributed by atoms with Crippen molar-refractivity contribution in [2.45, 2.75) is 38.5 Å². The second kappa shape index (κ2) is 10.2. The zero-order chi connectivity index (χ0) is 28.8. The maximum atomic E-state index is 2.33. The zero-order valence-electron chi connectivity index (χ0n) is 25.0. The maximum absolute atomic E-state index is 2.33. The van der Waals surface area contributed by atoms with E-state index in [1.807, 2.05) is 0 Å². The summed E-state index contributed by atoms with van der Waals surface area (Å²) in [6.07, 6.45) is 19.3. The maximum Gasteiger partial charge on any atom is 0.210 e. The Labute approximate surface area is 244 Å². The smallest absolute Gasteiger partial charge is 0.210 e. The number of hydrogen-bond acceptors (Lipinski definition) is 1. The molecule has 2 heteroatoms. The normalized spacial score (nSPS) is 18.9. The van der Waals surface area contributed by atoms with E-state index in [0.29, 0.717) is 0 Å². The lowest BCUT2D eigenvalue weighted by Gasteiger charge is -2.24. The van der Waals surface area contributed by atoms with Crippen LogP contribution in [0, 0.1) is 0 Å². The lowest BCUT2D eigenvalue weighted by Crippen LogP contribution is -2.26. The highest BCUT2D eigenvalue weighted by molar-refractivity contribution is 6.07. The highest BCUT2D eigenvalue weighted by Gasteiger charge is 2.44. The van der Waals surface area contributed by atoms with E-state index in [2.05, 4.69) is 179 Å². The number of allylic oxidation sites excluding steroid dienone is 10. The summed E-state index contributed by atoms with van der Waals surface area (Å²) in [6.45, 7) is 9.31. The van der Waals surface area contributed by atoms with Crippen molar-refractivity contribution < 1.29 is 4.58 Å². The first kappa shape index (κ1) is 26.8. The summed E-state index contributed by atoms with van der Waals surface area (Å²) in [4.78, 5) is 2.33. The van der Waals surface area contributed by atoms with Gasteiger partial charge in [0.15, 0.2) is 5.71 Å². The summed E-state index contributed by atoms with van der Waals surface area (Å²) in [5, 5.41) is 5.28. The van der Waals surface area contributed by atoms with Gasteiger partial charge in [-0.25, -0.2) is 0 Å². The fraction of sp³-hybridized carbons (Fsp3) is 0.205. The summed E-state index contributed by atoms with van der Waals surface area (Å²) in [6, 6.07) is 26.4. The van der Waals surface area contributed by atoms with E-state index in [9.17, 15) is 0 Å². The molecule has 0 N–H and O–H groups in total. The van der Waals surface area contributed by atoms with Crippen molar-refractivity contribution in [2.75, 3.05) is 19.0 Å². The van der Waals surface area contributed by atoms with Crippen LogP contribution in [0.15, 0.2) is 133 Å². The van der Waals surface area contributed by atoms with Crippen molar-refractivity contribution in [3.63, 3.8) is 0 Å². The molecule has 0 aromatic heterocycles. The van der Waals surface area contributed by atoms with Crippen molar-refractivity contribution in [1.82, 2.24) is 0 Å². The van der Waals surface area contributed by atoms with Gasteiger partial charge in [0.25, 0.3) is 0 Å². The molecule has 0 spiro atoms.